The summed E-state index contributed by atoms with van der Waals surface area (Å²) in [6.45, 7) is 4.17. The monoisotopic (exact) mass is 522 g/mol. The summed E-state index contributed by atoms with van der Waals surface area (Å²) in [7, 11) is -4.51. The molecule has 182 valence electrons. The minimum absolute atomic E-state index is 0.138. The molecule has 0 aliphatic heterocycles. The SMILES string of the molecule is Cc1cc2c(cc1F)c(C#N)c(-c1ccc(S(=O)(=O)NC(C)C(F)(F)F)cn1)n2-c1sccc1C. The van der Waals surface area contributed by atoms with Gasteiger partial charge < -0.3 is 0 Å². The van der Waals surface area contributed by atoms with Crippen molar-refractivity contribution in [3.63, 3.8) is 0 Å². The van der Waals surface area contributed by atoms with Crippen molar-refractivity contribution in [2.24, 2.45) is 0 Å². The lowest BCUT2D eigenvalue weighted by Crippen LogP contribution is -2.42. The number of hydrogen-bond donors (Lipinski definition) is 1. The fourth-order valence-corrected chi connectivity index (χ4v) is 5.74. The molecule has 0 spiro atoms. The van der Waals surface area contributed by atoms with E-state index in [2.05, 4.69) is 11.1 Å². The van der Waals surface area contributed by atoms with Crippen molar-refractivity contribution < 1.29 is 26.0 Å². The van der Waals surface area contributed by atoms with Crippen molar-refractivity contribution in [1.82, 2.24) is 14.3 Å². The third-order valence-electron chi connectivity index (χ3n) is 5.51. The Morgan fingerprint density at radius 2 is 1.89 bits per heavy atom. The highest BCUT2D eigenvalue weighted by molar-refractivity contribution is 7.89. The molecule has 0 saturated heterocycles. The molecule has 3 aromatic heterocycles. The molecule has 35 heavy (non-hydrogen) atoms. The van der Waals surface area contributed by atoms with Crippen LogP contribution >= 0.6 is 11.3 Å². The van der Waals surface area contributed by atoms with Crippen LogP contribution in [-0.4, -0.2) is 30.2 Å². The molecular weight excluding hydrogens is 504 g/mol. The summed E-state index contributed by atoms with van der Waals surface area (Å²) in [5.41, 5.74) is 2.49. The number of alkyl halides is 3. The lowest BCUT2D eigenvalue weighted by molar-refractivity contribution is -0.147. The molecule has 0 bridgehead atoms. The number of hydrogen-bond acceptors (Lipinski definition) is 5. The number of fused-ring (bicyclic) bond motifs is 1. The van der Waals surface area contributed by atoms with Gasteiger partial charge in [0.1, 0.15) is 27.8 Å². The summed E-state index contributed by atoms with van der Waals surface area (Å²) >= 11 is 1.40. The quantitative estimate of drug-likeness (QED) is 0.345. The summed E-state index contributed by atoms with van der Waals surface area (Å²) in [6.07, 6.45) is -3.83. The Morgan fingerprint density at radius 3 is 2.43 bits per heavy atom. The Kier molecular flexibility index (Phi) is 6.21. The number of halogens is 4. The van der Waals surface area contributed by atoms with E-state index in [9.17, 15) is 31.2 Å². The van der Waals surface area contributed by atoms with Gasteiger partial charge in [-0.3, -0.25) is 9.55 Å². The van der Waals surface area contributed by atoms with Crippen LogP contribution in [0.25, 0.3) is 27.3 Å². The molecule has 3 heterocycles. The van der Waals surface area contributed by atoms with Crippen LogP contribution in [0.3, 0.4) is 0 Å². The zero-order valence-electron chi connectivity index (χ0n) is 18.6. The highest BCUT2D eigenvalue weighted by Gasteiger charge is 2.39. The van der Waals surface area contributed by atoms with Crippen LogP contribution in [0, 0.1) is 31.0 Å². The highest BCUT2D eigenvalue weighted by Crippen LogP contribution is 2.39. The summed E-state index contributed by atoms with van der Waals surface area (Å²) in [6, 6.07) is 7.00. The number of nitrogens with zero attached hydrogens (tertiary/aromatic N) is 3. The number of rotatable bonds is 5. The van der Waals surface area contributed by atoms with Crippen molar-refractivity contribution >= 4 is 32.3 Å². The number of pyridine rings is 1. The van der Waals surface area contributed by atoms with E-state index < -0.39 is 33.0 Å². The number of aromatic nitrogens is 2. The van der Waals surface area contributed by atoms with Gasteiger partial charge in [-0.25, -0.2) is 12.8 Å². The van der Waals surface area contributed by atoms with Crippen molar-refractivity contribution in [3.05, 3.63) is 64.4 Å². The Bertz CT molecular complexity index is 1580. The largest absolute Gasteiger partial charge is 0.404 e. The molecule has 0 aliphatic carbocycles. The standard InChI is InChI=1S/C23H18F4N4O2S2/c1-12-6-7-34-22(12)31-20-8-13(2)18(24)9-16(20)17(10-28)21(31)19-5-4-15(11-29-19)35(32,33)30-14(3)23(25,26)27/h4-9,11,14,30H,1-3H3. The topological polar surface area (TPSA) is 87.8 Å². The first-order valence-corrected chi connectivity index (χ1v) is 12.6. The molecule has 4 aromatic rings. The molecule has 1 unspecified atom stereocenters. The van der Waals surface area contributed by atoms with Crippen LogP contribution in [0.15, 0.2) is 46.8 Å². The minimum Gasteiger partial charge on any atom is -0.298 e. The zero-order valence-corrected chi connectivity index (χ0v) is 20.2. The van der Waals surface area contributed by atoms with Crippen LogP contribution in [0.4, 0.5) is 17.6 Å². The predicted molar refractivity (Wildman–Crippen MR) is 124 cm³/mol. The summed E-state index contributed by atoms with van der Waals surface area (Å²) in [4.78, 5) is 3.71. The molecule has 1 N–H and O–H groups in total. The van der Waals surface area contributed by atoms with E-state index in [1.54, 1.807) is 22.3 Å². The van der Waals surface area contributed by atoms with Crippen molar-refractivity contribution in [2.45, 2.75) is 37.9 Å². The van der Waals surface area contributed by atoms with E-state index in [1.807, 2.05) is 18.4 Å². The lowest BCUT2D eigenvalue weighted by Gasteiger charge is -2.17. The van der Waals surface area contributed by atoms with Crippen LogP contribution in [0.2, 0.25) is 0 Å². The third-order valence-corrected chi connectivity index (χ3v) is 8.04. The Hall–Kier alpha value is -3.27. The van der Waals surface area contributed by atoms with Crippen LogP contribution < -0.4 is 4.72 Å². The number of aryl methyl sites for hydroxylation is 2. The van der Waals surface area contributed by atoms with Crippen molar-refractivity contribution in [3.8, 4) is 22.5 Å². The maximum absolute atomic E-state index is 14.4. The number of nitrogens with one attached hydrogen (secondary N) is 1. The first-order valence-electron chi connectivity index (χ1n) is 10.2. The predicted octanol–water partition coefficient (Wildman–Crippen LogP) is 5.61. The molecule has 1 aromatic carbocycles. The van der Waals surface area contributed by atoms with Gasteiger partial charge in [-0.05, 0) is 67.6 Å². The third kappa shape index (κ3) is 4.42. The number of thiophene rings is 1. The summed E-state index contributed by atoms with van der Waals surface area (Å²) < 4.78 is 81.1. The second-order valence-corrected chi connectivity index (χ2v) is 10.6. The normalized spacial score (nSPS) is 13.2. The maximum Gasteiger partial charge on any atom is 0.404 e. The van der Waals surface area contributed by atoms with Crippen molar-refractivity contribution in [1.29, 1.82) is 5.26 Å². The van der Waals surface area contributed by atoms with E-state index in [-0.39, 0.29) is 11.3 Å². The molecule has 0 fully saturated rings. The first kappa shape index (κ1) is 24.8. The second-order valence-electron chi connectivity index (χ2n) is 7.96. The Morgan fingerprint density at radius 1 is 1.17 bits per heavy atom. The molecule has 0 amide bonds. The Labute approximate surface area is 202 Å². The van der Waals surface area contributed by atoms with E-state index in [4.69, 9.17) is 0 Å². The molecular formula is C23H18F4N4O2S2. The lowest BCUT2D eigenvalue weighted by atomic mass is 10.1. The van der Waals surface area contributed by atoms with E-state index >= 15 is 0 Å². The van der Waals surface area contributed by atoms with Crippen LogP contribution in [0.5, 0.6) is 0 Å². The van der Waals surface area contributed by atoms with Gasteiger partial charge in [0.25, 0.3) is 0 Å². The van der Waals surface area contributed by atoms with Gasteiger partial charge >= 0.3 is 6.18 Å². The van der Waals surface area contributed by atoms with Gasteiger partial charge in [-0.1, -0.05) is 0 Å². The van der Waals surface area contributed by atoms with E-state index in [1.165, 1.54) is 23.5 Å². The first-order chi connectivity index (χ1) is 16.3. The fourth-order valence-electron chi connectivity index (χ4n) is 3.62. The molecule has 0 saturated carbocycles. The Balaban J connectivity index is 1.91. The van der Waals surface area contributed by atoms with Gasteiger partial charge in [0.15, 0.2) is 0 Å². The van der Waals surface area contributed by atoms with Crippen LogP contribution in [0.1, 0.15) is 23.6 Å². The summed E-state index contributed by atoms with van der Waals surface area (Å²) in [5, 5.41) is 12.9. The fraction of sp³-hybridized carbons (Fsp3) is 0.217. The van der Waals surface area contributed by atoms with E-state index in [0.717, 1.165) is 22.8 Å². The minimum atomic E-state index is -4.75. The number of nitriles is 1. The van der Waals surface area contributed by atoms with Gasteiger partial charge in [-0.2, -0.15) is 23.2 Å². The van der Waals surface area contributed by atoms with Gasteiger partial charge in [0.05, 0.1) is 22.5 Å². The molecule has 0 aliphatic rings. The molecule has 12 heteroatoms. The zero-order chi connectivity index (χ0) is 25.7. The van der Waals surface area contributed by atoms with Gasteiger partial charge in [-0.15, -0.1) is 11.3 Å². The molecule has 6 nitrogen and oxygen atoms in total. The average Bonchev–Trinajstić information content (AvgIpc) is 3.33. The van der Waals surface area contributed by atoms with E-state index in [0.29, 0.717) is 29.1 Å². The molecule has 4 rings (SSSR count). The van der Waals surface area contributed by atoms with Gasteiger partial charge in [0.2, 0.25) is 10.0 Å². The molecule has 0 radical (unpaired) electrons. The maximum atomic E-state index is 14.4. The smallest absolute Gasteiger partial charge is 0.298 e. The van der Waals surface area contributed by atoms with Crippen LogP contribution in [-0.2, 0) is 10.0 Å². The number of benzene rings is 1. The molecule has 1 atom stereocenters. The summed E-state index contributed by atoms with van der Waals surface area (Å²) in [5.74, 6) is -0.486. The number of sulfonamides is 1. The van der Waals surface area contributed by atoms with Gasteiger partial charge in [0, 0.05) is 11.6 Å². The van der Waals surface area contributed by atoms with Crippen molar-refractivity contribution in [2.75, 3.05) is 0 Å². The highest BCUT2D eigenvalue weighted by atomic mass is 32.2. The average molecular weight is 523 g/mol. The second kappa shape index (κ2) is 8.75.